The first-order chi connectivity index (χ1) is 9.08. The Morgan fingerprint density at radius 3 is 2.95 bits per heavy atom. The lowest BCUT2D eigenvalue weighted by Crippen LogP contribution is -2.53. The summed E-state index contributed by atoms with van der Waals surface area (Å²) in [5.74, 6) is 0.318. The van der Waals surface area contributed by atoms with Crippen molar-refractivity contribution in [3.63, 3.8) is 0 Å². The van der Waals surface area contributed by atoms with Crippen LogP contribution in [0.2, 0.25) is 10.3 Å². The molecule has 6 heteroatoms. The van der Waals surface area contributed by atoms with Crippen molar-refractivity contribution in [1.29, 1.82) is 0 Å². The number of rotatable bonds is 1. The Kier molecular flexibility index (Phi) is 3.58. The maximum Gasteiger partial charge on any atom is 0.175 e. The maximum atomic E-state index is 10.7. The fourth-order valence-electron chi connectivity index (χ4n) is 3.36. The van der Waals surface area contributed by atoms with Crippen LogP contribution >= 0.6 is 23.2 Å². The molecular formula is C13H17Cl2N3O. The monoisotopic (exact) mass is 301 g/mol. The molecule has 2 fully saturated rings. The lowest BCUT2D eigenvalue weighted by atomic mass is 9.71. The number of nitrogens with zero attached hydrogens (tertiary/aromatic N) is 3. The summed E-state index contributed by atoms with van der Waals surface area (Å²) in [6, 6.07) is 1.75. The molecule has 0 spiro atoms. The van der Waals surface area contributed by atoms with Crippen LogP contribution in [0.15, 0.2) is 6.07 Å². The molecule has 0 amide bonds. The van der Waals surface area contributed by atoms with E-state index in [2.05, 4.69) is 15.1 Å². The molecule has 0 radical (unpaired) electrons. The average Bonchev–Trinajstić information content (AvgIpc) is 2.40. The fourth-order valence-corrected chi connectivity index (χ4v) is 3.71. The molecule has 1 N–H and O–H groups in total. The van der Waals surface area contributed by atoms with E-state index in [-0.39, 0.29) is 0 Å². The summed E-state index contributed by atoms with van der Waals surface area (Å²) in [5, 5.41) is 19.0. The Hall–Kier alpha value is -0.580. The van der Waals surface area contributed by atoms with Crippen LogP contribution in [0.3, 0.4) is 0 Å². The van der Waals surface area contributed by atoms with Crippen molar-refractivity contribution in [3.05, 3.63) is 16.4 Å². The first-order valence-electron chi connectivity index (χ1n) is 6.74. The number of aromatic nitrogens is 2. The largest absolute Gasteiger partial charge is 0.389 e. The van der Waals surface area contributed by atoms with E-state index in [9.17, 15) is 5.11 Å². The van der Waals surface area contributed by atoms with Crippen LogP contribution < -0.4 is 4.90 Å². The molecule has 19 heavy (non-hydrogen) atoms. The zero-order valence-electron chi connectivity index (χ0n) is 10.6. The van der Waals surface area contributed by atoms with Crippen LogP contribution in [0.5, 0.6) is 0 Å². The Morgan fingerprint density at radius 2 is 2.11 bits per heavy atom. The van der Waals surface area contributed by atoms with Crippen LogP contribution in [0, 0.1) is 5.92 Å². The summed E-state index contributed by atoms with van der Waals surface area (Å²) in [7, 11) is 0. The van der Waals surface area contributed by atoms with Crippen molar-refractivity contribution in [2.24, 2.45) is 5.92 Å². The molecule has 2 atom stereocenters. The molecule has 0 aromatic carbocycles. The molecule has 1 saturated carbocycles. The molecule has 1 saturated heterocycles. The van der Waals surface area contributed by atoms with Crippen LogP contribution in [-0.2, 0) is 0 Å². The Labute approximate surface area is 122 Å². The molecule has 0 bridgehead atoms. The lowest BCUT2D eigenvalue weighted by Gasteiger charge is -2.48. The molecule has 3 rings (SSSR count). The highest BCUT2D eigenvalue weighted by molar-refractivity contribution is 6.33. The molecule has 4 nitrogen and oxygen atoms in total. The van der Waals surface area contributed by atoms with Crippen molar-refractivity contribution in [2.45, 2.75) is 37.7 Å². The molecule has 1 aliphatic heterocycles. The van der Waals surface area contributed by atoms with Gasteiger partial charge in [-0.15, -0.1) is 10.2 Å². The van der Waals surface area contributed by atoms with Gasteiger partial charge in [0.2, 0.25) is 0 Å². The summed E-state index contributed by atoms with van der Waals surface area (Å²) in [4.78, 5) is 2.17. The number of piperidine rings is 1. The Balaban J connectivity index is 1.82. The highest BCUT2D eigenvalue weighted by Crippen LogP contribution is 2.41. The average molecular weight is 302 g/mol. The molecule has 2 heterocycles. The fraction of sp³-hybridized carbons (Fsp3) is 0.692. The van der Waals surface area contributed by atoms with Gasteiger partial charge in [0.25, 0.3) is 0 Å². The van der Waals surface area contributed by atoms with Crippen LogP contribution in [0.1, 0.15) is 32.1 Å². The van der Waals surface area contributed by atoms with E-state index in [1.165, 1.54) is 6.42 Å². The number of aliphatic hydroxyl groups is 1. The van der Waals surface area contributed by atoms with Gasteiger partial charge in [-0.05, 0) is 19.3 Å². The number of hydrogen-bond donors (Lipinski definition) is 1. The van der Waals surface area contributed by atoms with Gasteiger partial charge in [-0.3, -0.25) is 0 Å². The van der Waals surface area contributed by atoms with Gasteiger partial charge >= 0.3 is 0 Å². The quantitative estimate of drug-likeness (QED) is 0.866. The maximum absolute atomic E-state index is 10.7. The summed E-state index contributed by atoms with van der Waals surface area (Å²) in [5.41, 5.74) is 0.347. The molecule has 2 unspecified atom stereocenters. The van der Waals surface area contributed by atoms with Gasteiger partial charge in [0.05, 0.1) is 11.3 Å². The summed E-state index contributed by atoms with van der Waals surface area (Å²) in [6.07, 6.45) is 5.12. The summed E-state index contributed by atoms with van der Waals surface area (Å²) in [6.45, 7) is 1.60. The van der Waals surface area contributed by atoms with E-state index in [1.54, 1.807) is 6.07 Å². The highest BCUT2D eigenvalue weighted by Gasteiger charge is 2.43. The lowest BCUT2D eigenvalue weighted by molar-refractivity contribution is -0.0612. The molecule has 104 valence electrons. The molecule has 1 aromatic rings. The smallest absolute Gasteiger partial charge is 0.175 e. The summed E-state index contributed by atoms with van der Waals surface area (Å²) < 4.78 is 0. The Bertz CT molecular complexity index is 485. The highest BCUT2D eigenvalue weighted by atomic mass is 35.5. The van der Waals surface area contributed by atoms with E-state index < -0.39 is 5.60 Å². The third kappa shape index (κ3) is 2.54. The standard InChI is InChI=1S/C13H17Cl2N3O/c14-11-7-10(12(15)17-16-11)18-6-5-13(19)4-2-1-3-9(13)8-18/h7,9,19H,1-6,8H2. The predicted octanol–water partition coefficient (Wildman–Crippen LogP) is 2.91. The first-order valence-corrected chi connectivity index (χ1v) is 7.50. The van der Waals surface area contributed by atoms with Gasteiger partial charge in [0.1, 0.15) is 0 Å². The third-order valence-electron chi connectivity index (χ3n) is 4.47. The second kappa shape index (κ2) is 5.08. The van der Waals surface area contributed by atoms with Crippen molar-refractivity contribution >= 4 is 28.9 Å². The third-order valence-corrected chi connectivity index (χ3v) is 4.92. The first kappa shape index (κ1) is 13.4. The van der Waals surface area contributed by atoms with Gasteiger partial charge in [0, 0.05) is 25.1 Å². The minimum Gasteiger partial charge on any atom is -0.389 e. The van der Waals surface area contributed by atoms with E-state index in [4.69, 9.17) is 23.2 Å². The van der Waals surface area contributed by atoms with Crippen LogP contribution in [0.4, 0.5) is 5.69 Å². The number of halogens is 2. The molecule has 1 aliphatic carbocycles. The van der Waals surface area contributed by atoms with E-state index in [0.717, 1.165) is 44.5 Å². The topological polar surface area (TPSA) is 49.2 Å². The minimum absolute atomic E-state index is 0.318. The molecular weight excluding hydrogens is 285 g/mol. The Morgan fingerprint density at radius 1 is 1.26 bits per heavy atom. The van der Waals surface area contributed by atoms with Gasteiger partial charge < -0.3 is 10.0 Å². The number of hydrogen-bond acceptors (Lipinski definition) is 4. The van der Waals surface area contributed by atoms with E-state index >= 15 is 0 Å². The van der Waals surface area contributed by atoms with Gasteiger partial charge in [-0.25, -0.2) is 0 Å². The zero-order chi connectivity index (χ0) is 13.5. The van der Waals surface area contributed by atoms with Crippen molar-refractivity contribution < 1.29 is 5.11 Å². The van der Waals surface area contributed by atoms with Crippen LogP contribution in [0.25, 0.3) is 0 Å². The molecule has 1 aromatic heterocycles. The van der Waals surface area contributed by atoms with Gasteiger partial charge in [-0.2, -0.15) is 0 Å². The van der Waals surface area contributed by atoms with E-state index in [0.29, 0.717) is 16.2 Å². The van der Waals surface area contributed by atoms with Gasteiger partial charge in [-0.1, -0.05) is 36.0 Å². The number of anilines is 1. The number of fused-ring (bicyclic) bond motifs is 1. The van der Waals surface area contributed by atoms with Crippen molar-refractivity contribution in [3.8, 4) is 0 Å². The van der Waals surface area contributed by atoms with Crippen LogP contribution in [-0.4, -0.2) is 34.0 Å². The van der Waals surface area contributed by atoms with E-state index in [1.807, 2.05) is 0 Å². The molecule has 2 aliphatic rings. The zero-order valence-corrected chi connectivity index (χ0v) is 12.2. The second-order valence-corrected chi connectivity index (χ2v) is 6.33. The summed E-state index contributed by atoms with van der Waals surface area (Å²) >= 11 is 12.0. The van der Waals surface area contributed by atoms with Crippen molar-refractivity contribution in [2.75, 3.05) is 18.0 Å². The SMILES string of the molecule is OC12CCCCC1CN(c1cc(Cl)nnc1Cl)CC2. The van der Waals surface area contributed by atoms with Gasteiger partial charge in [0.15, 0.2) is 10.3 Å². The predicted molar refractivity (Wildman–Crippen MR) is 75.8 cm³/mol. The van der Waals surface area contributed by atoms with Crippen molar-refractivity contribution in [1.82, 2.24) is 10.2 Å². The minimum atomic E-state index is -0.481. The second-order valence-electron chi connectivity index (χ2n) is 5.59. The normalized spacial score (nSPS) is 31.1.